The molecule has 5 heteroatoms. The van der Waals surface area contributed by atoms with Crippen molar-refractivity contribution in [2.45, 2.75) is 32.2 Å². The lowest BCUT2D eigenvalue weighted by Crippen LogP contribution is -2.12. The molecule has 0 radical (unpaired) electrons. The zero-order valence-corrected chi connectivity index (χ0v) is 13.6. The third-order valence-electron chi connectivity index (χ3n) is 4.99. The molecule has 1 aliphatic rings. The number of aryl methyl sites for hydroxylation is 1. The number of carbonyl (C=O) groups is 1. The SMILES string of the molecule is O=C(O)c1cccc2c3c(n(Cc4cccc(F)c4F)c12)CCCC3. The van der Waals surface area contributed by atoms with Gasteiger partial charge in [-0.15, -0.1) is 0 Å². The number of aromatic carboxylic acids is 1. The molecule has 3 aromatic rings. The minimum absolute atomic E-state index is 0.125. The number of halogens is 2. The summed E-state index contributed by atoms with van der Waals surface area (Å²) in [5.74, 6) is -2.77. The van der Waals surface area contributed by atoms with Crippen LogP contribution in [0, 0.1) is 11.6 Å². The smallest absolute Gasteiger partial charge is 0.337 e. The number of aromatic nitrogens is 1. The molecule has 3 nitrogen and oxygen atoms in total. The number of hydrogen-bond donors (Lipinski definition) is 1. The second kappa shape index (κ2) is 5.99. The summed E-state index contributed by atoms with van der Waals surface area (Å²) in [5.41, 5.74) is 3.21. The van der Waals surface area contributed by atoms with Crippen molar-refractivity contribution in [1.29, 1.82) is 0 Å². The maximum Gasteiger partial charge on any atom is 0.337 e. The lowest BCUT2D eigenvalue weighted by atomic mass is 9.95. The highest BCUT2D eigenvalue weighted by molar-refractivity contribution is 6.04. The molecule has 0 unspecified atom stereocenters. The van der Waals surface area contributed by atoms with Crippen LogP contribution in [0.1, 0.15) is 40.0 Å². The number of carboxylic acids is 1. The molecule has 1 heterocycles. The Kier molecular flexibility index (Phi) is 3.79. The normalized spacial score (nSPS) is 13.8. The fourth-order valence-electron chi connectivity index (χ4n) is 3.88. The second-order valence-corrected chi connectivity index (χ2v) is 6.44. The summed E-state index contributed by atoms with van der Waals surface area (Å²) in [4.78, 5) is 11.7. The van der Waals surface area contributed by atoms with Crippen LogP contribution in [0.4, 0.5) is 8.78 Å². The van der Waals surface area contributed by atoms with Crippen molar-refractivity contribution in [2.24, 2.45) is 0 Å². The molecule has 0 fully saturated rings. The Balaban J connectivity index is 1.98. The van der Waals surface area contributed by atoms with E-state index in [1.165, 1.54) is 6.07 Å². The third kappa shape index (κ3) is 2.51. The summed E-state index contributed by atoms with van der Waals surface area (Å²) < 4.78 is 29.6. The van der Waals surface area contributed by atoms with Crippen LogP contribution in [0.25, 0.3) is 10.9 Å². The molecule has 0 spiro atoms. The van der Waals surface area contributed by atoms with Gasteiger partial charge in [0.05, 0.1) is 17.6 Å². The molecule has 0 saturated carbocycles. The number of fused-ring (bicyclic) bond motifs is 3. The summed E-state index contributed by atoms with van der Waals surface area (Å²) in [6.07, 6.45) is 3.77. The van der Waals surface area contributed by atoms with Crippen molar-refractivity contribution in [3.63, 3.8) is 0 Å². The van der Waals surface area contributed by atoms with Crippen LogP contribution in [0.15, 0.2) is 36.4 Å². The first-order chi connectivity index (χ1) is 12.1. The average molecular weight is 341 g/mol. The van der Waals surface area contributed by atoms with Gasteiger partial charge in [-0.2, -0.15) is 0 Å². The van der Waals surface area contributed by atoms with Crippen LogP contribution >= 0.6 is 0 Å². The first-order valence-corrected chi connectivity index (χ1v) is 8.37. The standard InChI is InChI=1S/C20H17F2NO2/c21-16-9-3-5-12(18(16)22)11-23-17-10-2-1-6-13(17)14-7-4-8-15(19(14)23)20(24)25/h3-5,7-9H,1-2,6,10-11H2,(H,24,25). The van der Waals surface area contributed by atoms with Crippen molar-refractivity contribution >= 4 is 16.9 Å². The molecule has 0 amide bonds. The van der Waals surface area contributed by atoms with Crippen LogP contribution < -0.4 is 0 Å². The highest BCUT2D eigenvalue weighted by atomic mass is 19.2. The van der Waals surface area contributed by atoms with E-state index in [1.807, 2.05) is 10.6 Å². The van der Waals surface area contributed by atoms with Crippen molar-refractivity contribution in [1.82, 2.24) is 4.57 Å². The Bertz CT molecular complexity index is 991. The monoisotopic (exact) mass is 341 g/mol. The van der Waals surface area contributed by atoms with Gasteiger partial charge >= 0.3 is 5.97 Å². The molecule has 25 heavy (non-hydrogen) atoms. The Morgan fingerprint density at radius 3 is 2.64 bits per heavy atom. The Morgan fingerprint density at radius 2 is 1.84 bits per heavy atom. The minimum atomic E-state index is -1.01. The fourth-order valence-corrected chi connectivity index (χ4v) is 3.88. The van der Waals surface area contributed by atoms with Gasteiger partial charge in [-0.25, -0.2) is 13.6 Å². The van der Waals surface area contributed by atoms with Crippen molar-refractivity contribution < 1.29 is 18.7 Å². The predicted molar refractivity (Wildman–Crippen MR) is 91.0 cm³/mol. The second-order valence-electron chi connectivity index (χ2n) is 6.44. The number of benzene rings is 2. The quantitative estimate of drug-likeness (QED) is 0.760. The highest BCUT2D eigenvalue weighted by Crippen LogP contribution is 2.35. The van der Waals surface area contributed by atoms with E-state index >= 15 is 0 Å². The first kappa shape index (κ1) is 15.8. The Hall–Kier alpha value is -2.69. The van der Waals surface area contributed by atoms with E-state index in [4.69, 9.17) is 0 Å². The Labute approximate surface area is 143 Å². The van der Waals surface area contributed by atoms with Gasteiger partial charge in [0.2, 0.25) is 0 Å². The zero-order valence-electron chi connectivity index (χ0n) is 13.6. The van der Waals surface area contributed by atoms with Crippen LogP contribution in [0.5, 0.6) is 0 Å². The molecular formula is C20H17F2NO2. The van der Waals surface area contributed by atoms with Crippen LogP contribution in [-0.4, -0.2) is 15.6 Å². The van der Waals surface area contributed by atoms with E-state index in [9.17, 15) is 18.7 Å². The van der Waals surface area contributed by atoms with E-state index in [2.05, 4.69) is 0 Å². The topological polar surface area (TPSA) is 42.2 Å². The molecule has 0 bridgehead atoms. The molecule has 2 aromatic carbocycles. The van der Waals surface area contributed by atoms with Gasteiger partial charge in [0, 0.05) is 16.6 Å². The molecule has 1 N–H and O–H groups in total. The molecule has 128 valence electrons. The van der Waals surface area contributed by atoms with E-state index < -0.39 is 17.6 Å². The van der Waals surface area contributed by atoms with Crippen molar-refractivity contribution in [2.75, 3.05) is 0 Å². The lowest BCUT2D eigenvalue weighted by molar-refractivity contribution is 0.0698. The number of nitrogens with zero attached hydrogens (tertiary/aromatic N) is 1. The van der Waals surface area contributed by atoms with Crippen molar-refractivity contribution in [3.05, 3.63) is 70.4 Å². The number of hydrogen-bond acceptors (Lipinski definition) is 1. The maximum atomic E-state index is 14.2. The average Bonchev–Trinajstić information content (AvgIpc) is 2.93. The Morgan fingerprint density at radius 1 is 1.08 bits per heavy atom. The van der Waals surface area contributed by atoms with Gasteiger partial charge in [-0.3, -0.25) is 0 Å². The maximum absolute atomic E-state index is 14.2. The molecule has 0 aliphatic heterocycles. The molecule has 4 rings (SSSR count). The van der Waals surface area contributed by atoms with Gasteiger partial charge < -0.3 is 9.67 Å². The van der Waals surface area contributed by atoms with E-state index in [1.54, 1.807) is 18.2 Å². The molecule has 1 aromatic heterocycles. The highest BCUT2D eigenvalue weighted by Gasteiger charge is 2.24. The fraction of sp³-hybridized carbons (Fsp3) is 0.250. The van der Waals surface area contributed by atoms with E-state index in [0.717, 1.165) is 48.4 Å². The largest absolute Gasteiger partial charge is 0.478 e. The van der Waals surface area contributed by atoms with Gasteiger partial charge in [0.15, 0.2) is 11.6 Å². The van der Waals surface area contributed by atoms with Crippen LogP contribution in [0.2, 0.25) is 0 Å². The molecule has 0 saturated heterocycles. The van der Waals surface area contributed by atoms with Gasteiger partial charge in [-0.05, 0) is 43.4 Å². The minimum Gasteiger partial charge on any atom is -0.478 e. The zero-order chi connectivity index (χ0) is 17.6. The van der Waals surface area contributed by atoms with Gasteiger partial charge in [0.1, 0.15) is 0 Å². The first-order valence-electron chi connectivity index (χ1n) is 8.37. The van der Waals surface area contributed by atoms with Crippen molar-refractivity contribution in [3.8, 4) is 0 Å². The number of para-hydroxylation sites is 1. The molecule has 0 atom stereocenters. The molecular weight excluding hydrogens is 324 g/mol. The summed E-state index contributed by atoms with van der Waals surface area (Å²) in [6, 6.07) is 9.34. The summed E-state index contributed by atoms with van der Waals surface area (Å²) in [7, 11) is 0. The third-order valence-corrected chi connectivity index (χ3v) is 4.99. The lowest BCUT2D eigenvalue weighted by Gasteiger charge is -2.17. The summed E-state index contributed by atoms with van der Waals surface area (Å²) in [6.45, 7) is 0.125. The van der Waals surface area contributed by atoms with Crippen LogP contribution in [0.3, 0.4) is 0 Å². The number of rotatable bonds is 3. The van der Waals surface area contributed by atoms with Gasteiger partial charge in [0.25, 0.3) is 0 Å². The summed E-state index contributed by atoms with van der Waals surface area (Å²) >= 11 is 0. The molecule has 1 aliphatic carbocycles. The van der Waals surface area contributed by atoms with E-state index in [-0.39, 0.29) is 17.7 Å². The number of carboxylic acid groups (broad SMARTS) is 1. The summed E-state index contributed by atoms with van der Waals surface area (Å²) in [5, 5.41) is 10.5. The van der Waals surface area contributed by atoms with Crippen LogP contribution in [-0.2, 0) is 19.4 Å². The predicted octanol–water partition coefficient (Wildman–Crippen LogP) is 4.54. The van der Waals surface area contributed by atoms with E-state index in [0.29, 0.717) is 5.52 Å². The van der Waals surface area contributed by atoms with Gasteiger partial charge in [-0.1, -0.05) is 24.3 Å².